The van der Waals surface area contributed by atoms with Gasteiger partial charge in [-0.15, -0.1) is 0 Å². The molecule has 6 nitrogen and oxygen atoms in total. The highest BCUT2D eigenvalue weighted by Crippen LogP contribution is 2.64. The molecule has 3 aliphatic rings. The molecule has 0 bridgehead atoms. The molecule has 0 aromatic heterocycles. The van der Waals surface area contributed by atoms with Gasteiger partial charge >= 0.3 is 6.09 Å². The summed E-state index contributed by atoms with van der Waals surface area (Å²) in [6.07, 6.45) is 2.80. The first kappa shape index (κ1) is 19.5. The Labute approximate surface area is 166 Å². The number of hydrogen-bond donors (Lipinski definition) is 2. The second-order valence-corrected chi connectivity index (χ2v) is 9.46. The maximum absolute atomic E-state index is 12.2. The maximum Gasteiger partial charge on any atom is 0.410 e. The van der Waals surface area contributed by atoms with Crippen LogP contribution in [0.4, 0.5) is 4.79 Å². The molecule has 1 spiro atoms. The lowest BCUT2D eigenvalue weighted by Gasteiger charge is -2.34. The number of piperidine rings is 1. The van der Waals surface area contributed by atoms with Crippen LogP contribution in [-0.4, -0.2) is 52.3 Å². The zero-order valence-corrected chi connectivity index (χ0v) is 17.0. The summed E-state index contributed by atoms with van der Waals surface area (Å²) < 4.78 is 11.8. The summed E-state index contributed by atoms with van der Waals surface area (Å²) in [7, 11) is 0. The molecule has 1 saturated carbocycles. The molecular weight excluding hydrogens is 358 g/mol. The van der Waals surface area contributed by atoms with Gasteiger partial charge in [0.05, 0.1) is 0 Å². The number of aliphatic hydroxyl groups is 2. The van der Waals surface area contributed by atoms with Crippen LogP contribution in [0.1, 0.15) is 57.6 Å². The molecule has 1 aromatic rings. The second kappa shape index (κ2) is 6.92. The number of ether oxygens (including phenoxy) is 2. The number of aryl methyl sites for hydroxylation is 1. The smallest absolute Gasteiger partial charge is 0.410 e. The van der Waals surface area contributed by atoms with Crippen molar-refractivity contribution < 1.29 is 24.5 Å². The molecule has 1 saturated heterocycles. The lowest BCUT2D eigenvalue weighted by atomic mass is 9.94. The molecule has 1 aromatic carbocycles. The average Bonchev–Trinajstić information content (AvgIpc) is 3.23. The largest absolute Gasteiger partial charge is 0.490 e. The highest BCUT2D eigenvalue weighted by atomic mass is 16.6. The zero-order chi connectivity index (χ0) is 20.1. The summed E-state index contributed by atoms with van der Waals surface area (Å²) in [5.41, 5.74) is 1.84. The molecule has 4 rings (SSSR count). The Bertz CT molecular complexity index is 748. The van der Waals surface area contributed by atoms with Crippen LogP contribution in [0.2, 0.25) is 0 Å². The summed E-state index contributed by atoms with van der Waals surface area (Å²) in [5.74, 6) is 0.793. The van der Waals surface area contributed by atoms with Crippen molar-refractivity contribution in [2.24, 2.45) is 5.92 Å². The van der Waals surface area contributed by atoms with Crippen molar-refractivity contribution >= 4 is 6.09 Å². The number of carbonyl (C=O) groups is 1. The summed E-state index contributed by atoms with van der Waals surface area (Å²) in [6, 6.07) is 6.16. The van der Waals surface area contributed by atoms with Gasteiger partial charge in [0.25, 0.3) is 0 Å². The van der Waals surface area contributed by atoms with Crippen LogP contribution in [0.25, 0.3) is 0 Å². The van der Waals surface area contributed by atoms with E-state index in [2.05, 4.69) is 6.07 Å². The Morgan fingerprint density at radius 2 is 1.96 bits per heavy atom. The lowest BCUT2D eigenvalue weighted by molar-refractivity contribution is -0.0619. The van der Waals surface area contributed by atoms with Gasteiger partial charge in [0, 0.05) is 42.8 Å². The van der Waals surface area contributed by atoms with E-state index in [0.717, 1.165) is 37.9 Å². The molecular formula is C22H31NO5. The number of nitrogens with zero attached hydrogens (tertiary/aromatic N) is 1. The number of rotatable bonds is 3. The van der Waals surface area contributed by atoms with Crippen molar-refractivity contribution in [2.75, 3.05) is 13.1 Å². The van der Waals surface area contributed by atoms with Gasteiger partial charge in [-0.2, -0.15) is 0 Å². The minimum atomic E-state index is -1.27. The van der Waals surface area contributed by atoms with Crippen LogP contribution in [0, 0.1) is 5.92 Å². The molecule has 28 heavy (non-hydrogen) atoms. The van der Waals surface area contributed by atoms with E-state index in [1.807, 2.05) is 32.9 Å². The number of likely N-dealkylation sites (tertiary alicyclic amines) is 1. The van der Waals surface area contributed by atoms with Crippen molar-refractivity contribution in [1.82, 2.24) is 4.90 Å². The molecule has 2 N–H and O–H groups in total. The SMILES string of the molecule is CC(C)(C)OC(=O)N1CCC(Oc2cccc3c2C2(CC3)CC2C(O)O)CC1. The Kier molecular flexibility index (Phi) is 4.82. The first-order valence-electron chi connectivity index (χ1n) is 10.3. The monoisotopic (exact) mass is 389 g/mol. The first-order chi connectivity index (χ1) is 13.2. The van der Waals surface area contributed by atoms with Crippen LogP contribution >= 0.6 is 0 Å². The number of aliphatic hydroxyl groups excluding tert-OH is 1. The van der Waals surface area contributed by atoms with Crippen molar-refractivity contribution in [2.45, 2.75) is 76.3 Å². The lowest BCUT2D eigenvalue weighted by Crippen LogP contribution is -2.44. The average molecular weight is 389 g/mol. The number of amides is 1. The predicted molar refractivity (Wildman–Crippen MR) is 104 cm³/mol. The van der Waals surface area contributed by atoms with Crippen LogP contribution in [0.5, 0.6) is 5.75 Å². The topological polar surface area (TPSA) is 79.2 Å². The third kappa shape index (κ3) is 3.60. The van der Waals surface area contributed by atoms with E-state index in [9.17, 15) is 15.0 Å². The maximum atomic E-state index is 12.2. The fraction of sp³-hybridized carbons (Fsp3) is 0.682. The molecule has 2 aliphatic carbocycles. The molecule has 2 unspecified atom stereocenters. The van der Waals surface area contributed by atoms with E-state index in [4.69, 9.17) is 9.47 Å². The van der Waals surface area contributed by atoms with E-state index < -0.39 is 11.9 Å². The highest BCUT2D eigenvalue weighted by Gasteiger charge is 2.62. The van der Waals surface area contributed by atoms with Crippen molar-refractivity contribution in [3.8, 4) is 5.75 Å². The molecule has 2 atom stereocenters. The van der Waals surface area contributed by atoms with Gasteiger partial charge in [-0.3, -0.25) is 0 Å². The Morgan fingerprint density at radius 3 is 2.57 bits per heavy atom. The van der Waals surface area contributed by atoms with Crippen LogP contribution in [0.3, 0.4) is 0 Å². The molecule has 1 amide bonds. The number of carbonyl (C=O) groups excluding carboxylic acids is 1. The van der Waals surface area contributed by atoms with Gasteiger partial charge < -0.3 is 24.6 Å². The number of hydrogen-bond acceptors (Lipinski definition) is 5. The van der Waals surface area contributed by atoms with E-state index in [1.54, 1.807) is 4.90 Å². The van der Waals surface area contributed by atoms with E-state index in [-0.39, 0.29) is 23.5 Å². The summed E-state index contributed by atoms with van der Waals surface area (Å²) in [6.45, 7) is 6.87. The normalized spacial score (nSPS) is 27.2. The zero-order valence-electron chi connectivity index (χ0n) is 17.0. The Hall–Kier alpha value is -1.79. The Balaban J connectivity index is 1.41. The molecule has 6 heteroatoms. The third-order valence-corrected chi connectivity index (χ3v) is 6.33. The fourth-order valence-corrected chi connectivity index (χ4v) is 4.89. The molecule has 0 radical (unpaired) electrons. The third-order valence-electron chi connectivity index (χ3n) is 6.33. The van der Waals surface area contributed by atoms with Crippen molar-refractivity contribution in [3.05, 3.63) is 29.3 Å². The quantitative estimate of drug-likeness (QED) is 0.777. The highest BCUT2D eigenvalue weighted by molar-refractivity contribution is 5.68. The summed E-state index contributed by atoms with van der Waals surface area (Å²) >= 11 is 0. The van der Waals surface area contributed by atoms with Gasteiger partial charge in [0.1, 0.15) is 17.5 Å². The van der Waals surface area contributed by atoms with Gasteiger partial charge in [-0.05, 0) is 51.7 Å². The molecule has 154 valence electrons. The van der Waals surface area contributed by atoms with E-state index in [0.29, 0.717) is 13.1 Å². The predicted octanol–water partition coefficient (Wildman–Crippen LogP) is 2.98. The molecule has 2 fully saturated rings. The van der Waals surface area contributed by atoms with Crippen LogP contribution in [0.15, 0.2) is 18.2 Å². The first-order valence-corrected chi connectivity index (χ1v) is 10.3. The van der Waals surface area contributed by atoms with Crippen molar-refractivity contribution in [1.29, 1.82) is 0 Å². The van der Waals surface area contributed by atoms with Crippen LogP contribution < -0.4 is 4.74 Å². The van der Waals surface area contributed by atoms with Crippen LogP contribution in [-0.2, 0) is 16.6 Å². The van der Waals surface area contributed by atoms with Gasteiger partial charge in [-0.25, -0.2) is 4.79 Å². The molecule has 1 heterocycles. The van der Waals surface area contributed by atoms with E-state index >= 15 is 0 Å². The fourth-order valence-electron chi connectivity index (χ4n) is 4.89. The number of benzene rings is 1. The minimum Gasteiger partial charge on any atom is -0.490 e. The minimum absolute atomic E-state index is 0.0547. The summed E-state index contributed by atoms with van der Waals surface area (Å²) in [4.78, 5) is 14.0. The second-order valence-electron chi connectivity index (χ2n) is 9.46. The van der Waals surface area contributed by atoms with Gasteiger partial charge in [0.15, 0.2) is 6.29 Å². The van der Waals surface area contributed by atoms with Crippen molar-refractivity contribution in [3.63, 3.8) is 0 Å². The van der Waals surface area contributed by atoms with Gasteiger partial charge in [-0.1, -0.05) is 12.1 Å². The van der Waals surface area contributed by atoms with Gasteiger partial charge in [0.2, 0.25) is 0 Å². The Morgan fingerprint density at radius 1 is 1.25 bits per heavy atom. The standard InChI is InChI=1S/C22H31NO5/c1-21(2,3)28-20(26)23-11-8-15(9-12-23)27-17-6-4-5-14-7-10-22(18(14)17)13-16(22)19(24)25/h4-6,15-16,19,24-25H,7-13H2,1-3H3. The summed E-state index contributed by atoms with van der Waals surface area (Å²) in [5, 5.41) is 19.4. The molecule has 1 aliphatic heterocycles. The van der Waals surface area contributed by atoms with E-state index in [1.165, 1.54) is 11.1 Å². The number of fused-ring (bicyclic) bond motifs is 2.